The van der Waals surface area contributed by atoms with Gasteiger partial charge in [0.25, 0.3) is 0 Å². The Bertz CT molecular complexity index is 1220. The van der Waals surface area contributed by atoms with Gasteiger partial charge in [-0.1, -0.05) is 0 Å². The molecule has 1 aliphatic heterocycles. The van der Waals surface area contributed by atoms with Crippen molar-refractivity contribution in [1.29, 1.82) is 0 Å². The zero-order valence-corrected chi connectivity index (χ0v) is 18.8. The van der Waals surface area contributed by atoms with Crippen molar-refractivity contribution in [1.82, 2.24) is 15.0 Å². The van der Waals surface area contributed by atoms with E-state index in [9.17, 15) is 0 Å². The molecule has 0 aliphatic carbocycles. The van der Waals surface area contributed by atoms with Crippen LogP contribution in [0.1, 0.15) is 38.3 Å². The van der Waals surface area contributed by atoms with Crippen LogP contribution in [0.2, 0.25) is 0 Å². The summed E-state index contributed by atoms with van der Waals surface area (Å²) in [5.74, 6) is 1.61. The second kappa shape index (κ2) is 8.18. The number of aromatic nitrogens is 3. The molecule has 0 unspecified atom stereocenters. The van der Waals surface area contributed by atoms with Crippen LogP contribution in [-0.4, -0.2) is 40.3 Å². The van der Waals surface area contributed by atoms with Crippen molar-refractivity contribution in [2.45, 2.75) is 45.8 Å². The molecule has 4 aromatic heterocycles. The number of nitrogens with zero attached hydrogens (tertiary/aromatic N) is 3. The number of ether oxygens (including phenoxy) is 2. The standard InChI is InChI=1S/C23H26N4O3S/c1-4-28-9-6-8-24-21-20-19(25-13-26-21)17-14-11-23(2,3)30-12-15(14)18(27-22(17)31-20)16-7-5-10-29-16/h5,7,10,13H,4,6,8-9,11-12H2,1-3H3,(H,24,25,26). The SMILES string of the molecule is CCOCCCNc1ncnc2c1sc1nc(-c3ccco3)c3c(c12)CC(C)(C)OC3. The van der Waals surface area contributed by atoms with E-state index in [1.807, 2.05) is 19.1 Å². The van der Waals surface area contributed by atoms with E-state index in [2.05, 4.69) is 29.1 Å². The summed E-state index contributed by atoms with van der Waals surface area (Å²) in [4.78, 5) is 15.1. The minimum Gasteiger partial charge on any atom is -0.463 e. The lowest BCUT2D eigenvalue weighted by atomic mass is 9.89. The first-order valence-electron chi connectivity index (χ1n) is 10.7. The zero-order valence-electron chi connectivity index (χ0n) is 18.0. The maximum Gasteiger partial charge on any atom is 0.152 e. The Morgan fingerprint density at radius 3 is 2.97 bits per heavy atom. The Hall–Kier alpha value is -2.55. The van der Waals surface area contributed by atoms with Crippen molar-refractivity contribution in [3.8, 4) is 11.5 Å². The minimum absolute atomic E-state index is 0.247. The molecule has 0 aromatic carbocycles. The van der Waals surface area contributed by atoms with Gasteiger partial charge in [0.2, 0.25) is 0 Å². The number of fused-ring (bicyclic) bond motifs is 5. The second-order valence-electron chi connectivity index (χ2n) is 8.28. The molecule has 0 saturated carbocycles. The van der Waals surface area contributed by atoms with Crippen LogP contribution in [0.5, 0.6) is 0 Å². The molecule has 0 amide bonds. The molecule has 4 aromatic rings. The molecule has 5 rings (SSSR count). The van der Waals surface area contributed by atoms with Gasteiger partial charge in [-0.25, -0.2) is 15.0 Å². The van der Waals surface area contributed by atoms with E-state index in [1.165, 1.54) is 5.56 Å². The Kier molecular flexibility index (Phi) is 5.37. The van der Waals surface area contributed by atoms with Crippen LogP contribution >= 0.6 is 11.3 Å². The third-order valence-corrected chi connectivity index (χ3v) is 6.62. The number of furan rings is 1. The first-order valence-corrected chi connectivity index (χ1v) is 11.5. The summed E-state index contributed by atoms with van der Waals surface area (Å²) in [6.07, 6.45) is 5.03. The smallest absolute Gasteiger partial charge is 0.152 e. The largest absolute Gasteiger partial charge is 0.463 e. The zero-order chi connectivity index (χ0) is 21.4. The number of pyridine rings is 1. The number of hydrogen-bond donors (Lipinski definition) is 1. The highest BCUT2D eigenvalue weighted by atomic mass is 32.1. The van der Waals surface area contributed by atoms with Crippen molar-refractivity contribution in [3.05, 3.63) is 35.9 Å². The molecule has 162 valence electrons. The molecule has 31 heavy (non-hydrogen) atoms. The van der Waals surface area contributed by atoms with Crippen LogP contribution in [0.3, 0.4) is 0 Å². The van der Waals surface area contributed by atoms with E-state index < -0.39 is 0 Å². The lowest BCUT2D eigenvalue weighted by molar-refractivity contribution is -0.0395. The van der Waals surface area contributed by atoms with Crippen molar-refractivity contribution in [2.75, 3.05) is 25.1 Å². The predicted octanol–water partition coefficient (Wildman–Crippen LogP) is 5.19. The van der Waals surface area contributed by atoms with Crippen LogP contribution in [0.25, 0.3) is 31.9 Å². The van der Waals surface area contributed by atoms with Gasteiger partial charge in [-0.3, -0.25) is 0 Å². The fourth-order valence-corrected chi connectivity index (χ4v) is 5.20. The van der Waals surface area contributed by atoms with Gasteiger partial charge in [0.15, 0.2) is 5.76 Å². The maximum atomic E-state index is 6.14. The van der Waals surface area contributed by atoms with Gasteiger partial charge in [-0.15, -0.1) is 11.3 Å². The van der Waals surface area contributed by atoms with Gasteiger partial charge in [0, 0.05) is 37.1 Å². The van der Waals surface area contributed by atoms with Gasteiger partial charge in [-0.05, 0) is 44.9 Å². The van der Waals surface area contributed by atoms with Crippen molar-refractivity contribution in [2.24, 2.45) is 0 Å². The van der Waals surface area contributed by atoms with Crippen LogP contribution in [0.4, 0.5) is 5.82 Å². The Morgan fingerprint density at radius 1 is 1.26 bits per heavy atom. The summed E-state index contributed by atoms with van der Waals surface area (Å²) >= 11 is 1.63. The molecule has 0 fully saturated rings. The van der Waals surface area contributed by atoms with Gasteiger partial charge < -0.3 is 19.2 Å². The van der Waals surface area contributed by atoms with Gasteiger partial charge in [0.1, 0.15) is 22.7 Å². The quantitative estimate of drug-likeness (QED) is 0.398. The molecule has 5 heterocycles. The Morgan fingerprint density at radius 2 is 2.16 bits per heavy atom. The molecule has 0 saturated heterocycles. The second-order valence-corrected chi connectivity index (χ2v) is 9.28. The minimum atomic E-state index is -0.247. The maximum absolute atomic E-state index is 6.14. The van der Waals surface area contributed by atoms with Crippen molar-refractivity contribution >= 4 is 37.6 Å². The summed E-state index contributed by atoms with van der Waals surface area (Å²) in [5, 5.41) is 4.57. The molecular weight excluding hydrogens is 412 g/mol. The molecule has 0 spiro atoms. The molecule has 0 atom stereocenters. The number of nitrogens with one attached hydrogen (secondary N) is 1. The highest BCUT2D eigenvalue weighted by Crippen LogP contribution is 2.44. The monoisotopic (exact) mass is 438 g/mol. The third-order valence-electron chi connectivity index (χ3n) is 5.54. The van der Waals surface area contributed by atoms with E-state index in [0.29, 0.717) is 6.61 Å². The fraction of sp³-hybridized carbons (Fsp3) is 0.435. The number of anilines is 1. The van der Waals surface area contributed by atoms with E-state index in [0.717, 1.165) is 75.9 Å². The first kappa shape index (κ1) is 20.4. The summed E-state index contributed by atoms with van der Waals surface area (Å²) in [6, 6.07) is 3.84. The lowest BCUT2D eigenvalue weighted by Gasteiger charge is -2.32. The molecule has 7 nitrogen and oxygen atoms in total. The Balaban J connectivity index is 1.64. The highest BCUT2D eigenvalue weighted by Gasteiger charge is 2.32. The lowest BCUT2D eigenvalue weighted by Crippen LogP contribution is -2.32. The van der Waals surface area contributed by atoms with Crippen LogP contribution in [0, 0.1) is 0 Å². The molecule has 0 radical (unpaired) electrons. The Labute approximate surface area is 184 Å². The molecule has 1 N–H and O–H groups in total. The number of rotatable bonds is 7. The van der Waals surface area contributed by atoms with Crippen LogP contribution in [-0.2, 0) is 22.5 Å². The third kappa shape index (κ3) is 3.79. The normalized spacial score (nSPS) is 15.5. The van der Waals surface area contributed by atoms with Crippen LogP contribution < -0.4 is 5.32 Å². The molecule has 0 bridgehead atoms. The summed E-state index contributed by atoms with van der Waals surface area (Å²) in [7, 11) is 0. The average molecular weight is 439 g/mol. The van der Waals surface area contributed by atoms with Crippen molar-refractivity contribution in [3.63, 3.8) is 0 Å². The summed E-state index contributed by atoms with van der Waals surface area (Å²) < 4.78 is 18.3. The van der Waals surface area contributed by atoms with E-state index >= 15 is 0 Å². The van der Waals surface area contributed by atoms with Crippen molar-refractivity contribution < 1.29 is 13.9 Å². The fourth-order valence-electron chi connectivity index (χ4n) is 4.07. The molecule has 1 aliphatic rings. The summed E-state index contributed by atoms with van der Waals surface area (Å²) in [5.41, 5.74) is 3.90. The van der Waals surface area contributed by atoms with E-state index in [4.69, 9.17) is 18.9 Å². The summed E-state index contributed by atoms with van der Waals surface area (Å²) in [6.45, 7) is 9.04. The van der Waals surface area contributed by atoms with Gasteiger partial charge in [-0.2, -0.15) is 0 Å². The van der Waals surface area contributed by atoms with E-state index in [-0.39, 0.29) is 5.60 Å². The topological polar surface area (TPSA) is 82.3 Å². The van der Waals surface area contributed by atoms with Gasteiger partial charge >= 0.3 is 0 Å². The first-order chi connectivity index (χ1) is 15.1. The van der Waals surface area contributed by atoms with Gasteiger partial charge in [0.05, 0.1) is 28.7 Å². The van der Waals surface area contributed by atoms with Crippen LogP contribution in [0.15, 0.2) is 29.1 Å². The highest BCUT2D eigenvalue weighted by molar-refractivity contribution is 7.26. The molecule has 8 heteroatoms. The molecular formula is C23H26N4O3S. The van der Waals surface area contributed by atoms with E-state index in [1.54, 1.807) is 23.9 Å². The number of hydrogen-bond acceptors (Lipinski definition) is 8. The predicted molar refractivity (Wildman–Crippen MR) is 123 cm³/mol. The number of thiophene rings is 1. The average Bonchev–Trinajstić information content (AvgIpc) is 3.40.